The summed E-state index contributed by atoms with van der Waals surface area (Å²) in [7, 11) is 0. The lowest BCUT2D eigenvalue weighted by molar-refractivity contribution is 0.0675. The minimum atomic E-state index is -1.51. The Kier molecular flexibility index (Phi) is 8.51. The van der Waals surface area contributed by atoms with Crippen LogP contribution in [0.15, 0.2) is 42.5 Å². The zero-order chi connectivity index (χ0) is 27.3. The quantitative estimate of drug-likeness (QED) is 0.208. The maximum absolute atomic E-state index is 12.1. The Hall–Kier alpha value is -4.73. The molecule has 3 aromatic rings. The molecule has 36 heavy (non-hydrogen) atoms. The summed E-state index contributed by atoms with van der Waals surface area (Å²) in [5.74, 6) is -6.03. The standard InChI is InChI=1S/C20H11IO8.C2H5N3O2/c21-9-3-1-8(2-4-9)12-7-13(19(26)27)14-10(17(22)23)5-6-11(18(24)25)15(14)16(12)20(28)29;3-1(6)5-2(4)7/h1-7H,(H,22,23)(H,24,25)(H,26,27)(H,28,29);(H5,3,4,5,6,7). The number of primary amides is 2. The van der Waals surface area contributed by atoms with Crippen molar-refractivity contribution in [2.75, 3.05) is 0 Å². The summed E-state index contributed by atoms with van der Waals surface area (Å²) in [6.07, 6.45) is 0. The lowest BCUT2D eigenvalue weighted by Gasteiger charge is -2.16. The van der Waals surface area contributed by atoms with Gasteiger partial charge in [0.25, 0.3) is 0 Å². The lowest BCUT2D eigenvalue weighted by Crippen LogP contribution is -2.38. The molecule has 3 rings (SSSR count). The largest absolute Gasteiger partial charge is 0.478 e. The third-order valence-corrected chi connectivity index (χ3v) is 5.31. The van der Waals surface area contributed by atoms with Crippen LogP contribution >= 0.6 is 22.6 Å². The summed E-state index contributed by atoms with van der Waals surface area (Å²) in [6.45, 7) is 0. The minimum absolute atomic E-state index is 0.0242. The fourth-order valence-electron chi connectivity index (χ4n) is 3.29. The average Bonchev–Trinajstić information content (AvgIpc) is 2.76. The molecule has 0 saturated carbocycles. The van der Waals surface area contributed by atoms with Crippen molar-refractivity contribution < 1.29 is 49.2 Å². The summed E-state index contributed by atoms with van der Waals surface area (Å²) in [4.78, 5) is 66.7. The monoisotopic (exact) mass is 609 g/mol. The molecule has 0 bridgehead atoms. The number of aromatic carboxylic acids is 4. The van der Waals surface area contributed by atoms with E-state index in [9.17, 15) is 49.2 Å². The number of carboxylic acids is 4. The van der Waals surface area contributed by atoms with E-state index >= 15 is 0 Å². The molecule has 0 spiro atoms. The van der Waals surface area contributed by atoms with E-state index in [0.29, 0.717) is 5.56 Å². The molecule has 0 saturated heterocycles. The van der Waals surface area contributed by atoms with E-state index in [4.69, 9.17) is 0 Å². The van der Waals surface area contributed by atoms with Crippen LogP contribution in [0.1, 0.15) is 41.4 Å². The molecule has 0 aliphatic rings. The van der Waals surface area contributed by atoms with Crippen LogP contribution in [0.3, 0.4) is 0 Å². The molecule has 9 N–H and O–H groups in total. The van der Waals surface area contributed by atoms with Crippen molar-refractivity contribution >= 4 is 69.3 Å². The van der Waals surface area contributed by atoms with E-state index in [0.717, 1.165) is 21.8 Å². The van der Waals surface area contributed by atoms with Crippen molar-refractivity contribution in [1.29, 1.82) is 0 Å². The van der Waals surface area contributed by atoms with Gasteiger partial charge < -0.3 is 31.9 Å². The number of urea groups is 2. The van der Waals surface area contributed by atoms with Gasteiger partial charge in [-0.2, -0.15) is 0 Å². The second-order valence-corrected chi connectivity index (χ2v) is 8.08. The van der Waals surface area contributed by atoms with Gasteiger partial charge in [0.2, 0.25) is 0 Å². The summed E-state index contributed by atoms with van der Waals surface area (Å²) in [6, 6.07) is 7.61. The molecule has 4 amide bonds. The van der Waals surface area contributed by atoms with E-state index in [1.807, 2.05) is 22.6 Å². The number of nitrogens with two attached hydrogens (primary N) is 2. The normalized spacial score (nSPS) is 10.0. The highest BCUT2D eigenvalue weighted by Crippen LogP contribution is 2.37. The summed E-state index contributed by atoms with van der Waals surface area (Å²) in [5.41, 5.74) is 7.23. The molecule has 13 nitrogen and oxygen atoms in total. The van der Waals surface area contributed by atoms with E-state index in [1.165, 1.54) is 0 Å². The summed E-state index contributed by atoms with van der Waals surface area (Å²) in [5, 5.41) is 39.3. The minimum Gasteiger partial charge on any atom is -0.478 e. The first-order valence-corrected chi connectivity index (χ1v) is 10.5. The molecule has 0 unspecified atom stereocenters. The zero-order valence-electron chi connectivity index (χ0n) is 17.8. The van der Waals surface area contributed by atoms with Crippen molar-refractivity contribution in [1.82, 2.24) is 5.32 Å². The van der Waals surface area contributed by atoms with Gasteiger partial charge in [-0.1, -0.05) is 12.1 Å². The van der Waals surface area contributed by atoms with Gasteiger partial charge in [-0.15, -0.1) is 0 Å². The Morgan fingerprint density at radius 2 is 1.08 bits per heavy atom. The van der Waals surface area contributed by atoms with Gasteiger partial charge in [-0.05, 0) is 64.0 Å². The topological polar surface area (TPSA) is 247 Å². The van der Waals surface area contributed by atoms with Crippen LogP contribution < -0.4 is 16.8 Å². The van der Waals surface area contributed by atoms with Crippen molar-refractivity contribution in [2.24, 2.45) is 11.5 Å². The number of carbonyl (C=O) groups is 6. The third kappa shape index (κ3) is 6.03. The van der Waals surface area contributed by atoms with Crippen LogP contribution in [0.2, 0.25) is 0 Å². The zero-order valence-corrected chi connectivity index (χ0v) is 20.0. The van der Waals surface area contributed by atoms with Crippen molar-refractivity contribution in [3.63, 3.8) is 0 Å². The Balaban J connectivity index is 0.000000572. The second-order valence-electron chi connectivity index (χ2n) is 6.84. The maximum Gasteiger partial charge on any atom is 0.336 e. The molecule has 0 radical (unpaired) electrons. The number of fused-ring (bicyclic) bond motifs is 1. The van der Waals surface area contributed by atoms with E-state index < -0.39 is 69.0 Å². The Morgan fingerprint density at radius 1 is 0.639 bits per heavy atom. The number of rotatable bonds is 5. The molecule has 0 heterocycles. The third-order valence-electron chi connectivity index (χ3n) is 4.59. The van der Waals surface area contributed by atoms with Gasteiger partial charge in [0.15, 0.2) is 0 Å². The predicted molar refractivity (Wildman–Crippen MR) is 132 cm³/mol. The fourth-order valence-corrected chi connectivity index (χ4v) is 3.65. The maximum atomic E-state index is 12.1. The Labute approximate surface area is 214 Å². The smallest absolute Gasteiger partial charge is 0.336 e. The molecule has 0 atom stereocenters. The van der Waals surface area contributed by atoms with Crippen LogP contribution in [0, 0.1) is 3.57 Å². The first-order valence-electron chi connectivity index (χ1n) is 9.44. The van der Waals surface area contributed by atoms with Gasteiger partial charge in [-0.25, -0.2) is 28.8 Å². The van der Waals surface area contributed by atoms with Gasteiger partial charge >= 0.3 is 35.9 Å². The number of nitrogens with one attached hydrogen (secondary N) is 1. The Bertz CT molecular complexity index is 1420. The summed E-state index contributed by atoms with van der Waals surface area (Å²) >= 11 is 2.04. The average molecular weight is 609 g/mol. The molecular formula is C22H16IN3O10. The summed E-state index contributed by atoms with van der Waals surface area (Å²) < 4.78 is 0.849. The molecule has 0 fully saturated rings. The molecule has 0 aliphatic carbocycles. The van der Waals surface area contributed by atoms with Gasteiger partial charge in [0, 0.05) is 14.3 Å². The van der Waals surface area contributed by atoms with Gasteiger partial charge in [0.1, 0.15) is 0 Å². The van der Waals surface area contributed by atoms with Crippen molar-refractivity contribution in [2.45, 2.75) is 0 Å². The number of amides is 4. The van der Waals surface area contributed by atoms with E-state index in [1.54, 1.807) is 29.6 Å². The molecule has 186 valence electrons. The SMILES string of the molecule is NC(=O)NC(N)=O.O=C(O)c1ccc(C(=O)O)c2c(C(=O)O)c(-c3ccc(I)cc3)cc(C(=O)O)c12. The predicted octanol–water partition coefficient (Wildman–Crippen LogP) is 2.64. The highest BCUT2D eigenvalue weighted by molar-refractivity contribution is 14.1. The number of carbonyl (C=O) groups excluding carboxylic acids is 2. The highest BCUT2D eigenvalue weighted by atomic mass is 127. The lowest BCUT2D eigenvalue weighted by atomic mass is 9.86. The van der Waals surface area contributed by atoms with Crippen LogP contribution in [0.4, 0.5) is 9.59 Å². The number of hydrogen-bond acceptors (Lipinski definition) is 6. The number of carboxylic acid groups (broad SMARTS) is 4. The molecule has 3 aromatic carbocycles. The number of benzene rings is 3. The molecular weight excluding hydrogens is 593 g/mol. The highest BCUT2D eigenvalue weighted by Gasteiger charge is 2.28. The van der Waals surface area contributed by atoms with Gasteiger partial charge in [0.05, 0.1) is 22.3 Å². The first kappa shape index (κ1) is 27.5. The van der Waals surface area contributed by atoms with E-state index in [-0.39, 0.29) is 5.56 Å². The Morgan fingerprint density at radius 3 is 1.44 bits per heavy atom. The number of imide groups is 1. The van der Waals surface area contributed by atoms with Crippen molar-refractivity contribution in [3.8, 4) is 11.1 Å². The second kappa shape index (κ2) is 11.1. The first-order chi connectivity index (χ1) is 16.8. The van der Waals surface area contributed by atoms with E-state index in [2.05, 4.69) is 11.5 Å². The molecule has 14 heteroatoms. The molecule has 0 aromatic heterocycles. The molecule has 0 aliphatic heterocycles. The van der Waals surface area contributed by atoms with Crippen LogP contribution in [0.5, 0.6) is 0 Å². The number of halogens is 1. The van der Waals surface area contributed by atoms with Crippen LogP contribution in [-0.2, 0) is 0 Å². The van der Waals surface area contributed by atoms with Crippen LogP contribution in [-0.4, -0.2) is 56.4 Å². The van der Waals surface area contributed by atoms with Crippen LogP contribution in [0.25, 0.3) is 21.9 Å². The number of hydrogen-bond donors (Lipinski definition) is 7. The van der Waals surface area contributed by atoms with Crippen molar-refractivity contribution in [3.05, 3.63) is 68.3 Å². The van der Waals surface area contributed by atoms with Gasteiger partial charge in [-0.3, -0.25) is 5.32 Å². The fraction of sp³-hybridized carbons (Fsp3) is 0.